The third kappa shape index (κ3) is 3.91. The highest BCUT2D eigenvalue weighted by molar-refractivity contribution is 5.53. The monoisotopic (exact) mass is 315 g/mol. The molecule has 1 saturated carbocycles. The third-order valence-corrected chi connectivity index (χ3v) is 4.80. The summed E-state index contributed by atoms with van der Waals surface area (Å²) in [5, 5.41) is 8.36. The first kappa shape index (κ1) is 16.0. The molecule has 1 aliphatic rings. The Morgan fingerprint density at radius 1 is 1.13 bits per heavy atom. The minimum absolute atomic E-state index is 0.563. The molecule has 0 aliphatic heterocycles. The van der Waals surface area contributed by atoms with Crippen LogP contribution in [0.4, 0.5) is 0 Å². The van der Waals surface area contributed by atoms with Gasteiger partial charge in [-0.3, -0.25) is 4.90 Å². The van der Waals surface area contributed by atoms with Crippen LogP contribution in [-0.4, -0.2) is 35.3 Å². The summed E-state index contributed by atoms with van der Waals surface area (Å²) < 4.78 is 11.0. The summed E-state index contributed by atoms with van der Waals surface area (Å²) >= 11 is 0. The van der Waals surface area contributed by atoms with Gasteiger partial charge in [-0.1, -0.05) is 6.92 Å². The number of methoxy groups -OCH3 is 1. The minimum Gasteiger partial charge on any atom is -0.497 e. The Hall–Kier alpha value is -1.88. The van der Waals surface area contributed by atoms with Crippen molar-refractivity contribution in [3.8, 4) is 17.2 Å². The molecule has 0 N–H and O–H groups in total. The van der Waals surface area contributed by atoms with Crippen LogP contribution in [0.15, 0.2) is 28.7 Å². The maximum absolute atomic E-state index is 5.82. The number of hydrogen-bond acceptors (Lipinski definition) is 5. The van der Waals surface area contributed by atoms with Gasteiger partial charge in [0, 0.05) is 11.6 Å². The highest BCUT2D eigenvalue weighted by atomic mass is 16.5. The van der Waals surface area contributed by atoms with Crippen LogP contribution in [0, 0.1) is 5.92 Å². The standard InChI is InChI=1S/C18H25N3O2/c1-13-4-8-15(9-5-13)21(2)12-17-19-20-18(23-17)14-6-10-16(22-3)11-7-14/h6-7,10-11,13,15H,4-5,8-9,12H2,1-3H3. The number of benzene rings is 1. The van der Waals surface area contributed by atoms with Crippen LogP contribution < -0.4 is 4.74 Å². The highest BCUT2D eigenvalue weighted by Crippen LogP contribution is 2.27. The fourth-order valence-electron chi connectivity index (χ4n) is 3.19. The highest BCUT2D eigenvalue weighted by Gasteiger charge is 2.23. The Balaban J connectivity index is 1.62. The van der Waals surface area contributed by atoms with Crippen LogP contribution in [0.25, 0.3) is 11.5 Å². The predicted molar refractivity (Wildman–Crippen MR) is 89.2 cm³/mol. The molecule has 5 heteroatoms. The molecule has 1 fully saturated rings. The van der Waals surface area contributed by atoms with Crippen molar-refractivity contribution in [1.82, 2.24) is 15.1 Å². The predicted octanol–water partition coefficient (Wildman–Crippen LogP) is 3.76. The van der Waals surface area contributed by atoms with E-state index >= 15 is 0 Å². The van der Waals surface area contributed by atoms with E-state index in [9.17, 15) is 0 Å². The van der Waals surface area contributed by atoms with E-state index < -0.39 is 0 Å². The molecule has 0 atom stereocenters. The molecule has 5 nitrogen and oxygen atoms in total. The van der Waals surface area contributed by atoms with Gasteiger partial charge in [0.2, 0.25) is 11.8 Å². The topological polar surface area (TPSA) is 51.4 Å². The number of hydrogen-bond donors (Lipinski definition) is 0. The van der Waals surface area contributed by atoms with Crippen molar-refractivity contribution in [3.05, 3.63) is 30.2 Å². The molecule has 0 spiro atoms. The molecular formula is C18H25N3O2. The second-order valence-electron chi connectivity index (χ2n) is 6.56. The SMILES string of the molecule is COc1ccc(-c2nnc(CN(C)C3CCC(C)CC3)o2)cc1. The van der Waals surface area contributed by atoms with Crippen molar-refractivity contribution in [2.45, 2.75) is 45.2 Å². The molecule has 23 heavy (non-hydrogen) atoms. The van der Waals surface area contributed by atoms with Crippen molar-refractivity contribution in [3.63, 3.8) is 0 Å². The average Bonchev–Trinajstić information content (AvgIpc) is 3.04. The molecule has 3 rings (SSSR count). The Morgan fingerprint density at radius 2 is 1.83 bits per heavy atom. The molecule has 0 unspecified atom stereocenters. The summed E-state index contributed by atoms with van der Waals surface area (Å²) in [4.78, 5) is 2.34. The second kappa shape index (κ2) is 7.13. The largest absolute Gasteiger partial charge is 0.497 e. The van der Waals surface area contributed by atoms with Crippen LogP contribution in [0.3, 0.4) is 0 Å². The van der Waals surface area contributed by atoms with Crippen molar-refractivity contribution >= 4 is 0 Å². The van der Waals surface area contributed by atoms with Gasteiger partial charge in [0.25, 0.3) is 0 Å². The zero-order chi connectivity index (χ0) is 16.2. The summed E-state index contributed by atoms with van der Waals surface area (Å²) in [7, 11) is 3.81. The Bertz CT molecular complexity index is 615. The summed E-state index contributed by atoms with van der Waals surface area (Å²) in [6.45, 7) is 3.05. The molecule has 2 aromatic rings. The van der Waals surface area contributed by atoms with Gasteiger partial charge in [0.1, 0.15) is 5.75 Å². The second-order valence-corrected chi connectivity index (χ2v) is 6.56. The third-order valence-electron chi connectivity index (χ3n) is 4.80. The smallest absolute Gasteiger partial charge is 0.247 e. The first-order valence-corrected chi connectivity index (χ1v) is 8.32. The lowest BCUT2D eigenvalue weighted by atomic mass is 9.87. The number of nitrogens with zero attached hydrogens (tertiary/aromatic N) is 3. The van der Waals surface area contributed by atoms with E-state index in [1.54, 1.807) is 7.11 Å². The maximum atomic E-state index is 5.82. The van der Waals surface area contributed by atoms with E-state index in [0.29, 0.717) is 24.4 Å². The van der Waals surface area contributed by atoms with E-state index in [-0.39, 0.29) is 0 Å². The van der Waals surface area contributed by atoms with Gasteiger partial charge >= 0.3 is 0 Å². The van der Waals surface area contributed by atoms with Gasteiger partial charge in [-0.2, -0.15) is 0 Å². The van der Waals surface area contributed by atoms with Crippen LogP contribution in [-0.2, 0) is 6.54 Å². The number of aromatic nitrogens is 2. The summed E-state index contributed by atoms with van der Waals surface area (Å²) in [5.74, 6) is 2.93. The van der Waals surface area contributed by atoms with Crippen molar-refractivity contribution in [2.75, 3.05) is 14.2 Å². The lowest BCUT2D eigenvalue weighted by Crippen LogP contribution is -2.34. The number of rotatable bonds is 5. The average molecular weight is 315 g/mol. The summed E-state index contributed by atoms with van der Waals surface area (Å²) in [5.41, 5.74) is 0.915. The first-order chi connectivity index (χ1) is 11.2. The molecule has 1 aromatic heterocycles. The molecule has 1 aliphatic carbocycles. The van der Waals surface area contributed by atoms with Gasteiger partial charge in [0.15, 0.2) is 0 Å². The molecule has 124 valence electrons. The molecule has 0 bridgehead atoms. The van der Waals surface area contributed by atoms with E-state index in [0.717, 1.165) is 17.2 Å². The van der Waals surface area contributed by atoms with Crippen molar-refractivity contribution in [2.24, 2.45) is 5.92 Å². The van der Waals surface area contributed by atoms with Crippen molar-refractivity contribution < 1.29 is 9.15 Å². The molecule has 0 radical (unpaired) electrons. The summed E-state index contributed by atoms with van der Waals surface area (Å²) in [6.07, 6.45) is 5.15. The van der Waals surface area contributed by atoms with Gasteiger partial charge in [-0.25, -0.2) is 0 Å². The normalized spacial score (nSPS) is 21.6. The van der Waals surface area contributed by atoms with E-state index in [4.69, 9.17) is 9.15 Å². The summed E-state index contributed by atoms with van der Waals surface area (Å²) in [6, 6.07) is 8.29. The van der Waals surface area contributed by atoms with Crippen LogP contribution in [0.1, 0.15) is 38.5 Å². The Morgan fingerprint density at radius 3 is 2.48 bits per heavy atom. The lowest BCUT2D eigenvalue weighted by Gasteiger charge is -2.32. The zero-order valence-electron chi connectivity index (χ0n) is 14.2. The molecular weight excluding hydrogens is 290 g/mol. The minimum atomic E-state index is 0.563. The quantitative estimate of drug-likeness (QED) is 0.841. The van der Waals surface area contributed by atoms with Crippen LogP contribution in [0.2, 0.25) is 0 Å². The zero-order valence-corrected chi connectivity index (χ0v) is 14.2. The Labute approximate surface area is 137 Å². The van der Waals surface area contributed by atoms with E-state index in [2.05, 4.69) is 29.1 Å². The fourth-order valence-corrected chi connectivity index (χ4v) is 3.19. The molecule has 1 aromatic carbocycles. The lowest BCUT2D eigenvalue weighted by molar-refractivity contribution is 0.152. The van der Waals surface area contributed by atoms with E-state index in [1.807, 2.05) is 24.3 Å². The van der Waals surface area contributed by atoms with Gasteiger partial charge in [-0.05, 0) is 62.9 Å². The molecule has 0 saturated heterocycles. The van der Waals surface area contributed by atoms with E-state index in [1.165, 1.54) is 25.7 Å². The Kier molecular flexibility index (Phi) is 4.96. The molecule has 1 heterocycles. The van der Waals surface area contributed by atoms with Crippen molar-refractivity contribution in [1.29, 1.82) is 0 Å². The van der Waals surface area contributed by atoms with Crippen LogP contribution >= 0.6 is 0 Å². The fraction of sp³-hybridized carbons (Fsp3) is 0.556. The van der Waals surface area contributed by atoms with Gasteiger partial charge in [-0.15, -0.1) is 10.2 Å². The molecule has 0 amide bonds. The maximum Gasteiger partial charge on any atom is 0.247 e. The van der Waals surface area contributed by atoms with Crippen LogP contribution in [0.5, 0.6) is 5.75 Å². The van der Waals surface area contributed by atoms with Gasteiger partial charge < -0.3 is 9.15 Å². The number of ether oxygens (including phenoxy) is 1. The first-order valence-electron chi connectivity index (χ1n) is 8.32. The van der Waals surface area contributed by atoms with Gasteiger partial charge in [0.05, 0.1) is 13.7 Å².